The van der Waals surface area contributed by atoms with Crippen molar-refractivity contribution in [3.05, 3.63) is 12.7 Å². The van der Waals surface area contributed by atoms with Crippen molar-refractivity contribution in [3.8, 4) is 0 Å². The predicted molar refractivity (Wildman–Crippen MR) is 92.7 cm³/mol. The molecule has 5 nitrogen and oxygen atoms in total. The number of unbranched alkanes of at least 4 members (excludes halogenated alkanes) is 1. The van der Waals surface area contributed by atoms with Crippen molar-refractivity contribution < 1.29 is 19.4 Å². The zero-order chi connectivity index (χ0) is 17.4. The first-order valence-electron chi connectivity index (χ1n) is 9.35. The Morgan fingerprint density at radius 3 is 2.67 bits per heavy atom. The second-order valence-electron chi connectivity index (χ2n) is 7.10. The van der Waals surface area contributed by atoms with Crippen molar-refractivity contribution in [3.63, 3.8) is 0 Å². The molecule has 2 atom stereocenters. The number of piperidine rings is 1. The van der Waals surface area contributed by atoms with Gasteiger partial charge in [0.05, 0.1) is 12.0 Å². The zero-order valence-corrected chi connectivity index (χ0v) is 14.6. The number of ether oxygens (including phenoxy) is 1. The van der Waals surface area contributed by atoms with Crippen LogP contribution in [0.25, 0.3) is 0 Å². The second kappa shape index (κ2) is 9.82. The Kier molecular flexibility index (Phi) is 7.76. The van der Waals surface area contributed by atoms with Crippen molar-refractivity contribution >= 4 is 11.9 Å². The Labute approximate surface area is 145 Å². The SMILES string of the molecule is C=CCCCOC1CCCN(C(=O)C[C@H](C(=O)O)C2CCCC2)C1. The minimum Gasteiger partial charge on any atom is -0.481 e. The third kappa shape index (κ3) is 5.62. The summed E-state index contributed by atoms with van der Waals surface area (Å²) in [4.78, 5) is 26.0. The van der Waals surface area contributed by atoms with E-state index in [1.807, 2.05) is 11.0 Å². The highest BCUT2D eigenvalue weighted by atomic mass is 16.5. The lowest BCUT2D eigenvalue weighted by atomic mass is 9.87. The van der Waals surface area contributed by atoms with Gasteiger partial charge in [-0.1, -0.05) is 18.9 Å². The van der Waals surface area contributed by atoms with E-state index in [0.29, 0.717) is 13.2 Å². The maximum Gasteiger partial charge on any atom is 0.307 e. The molecule has 2 aliphatic rings. The molecule has 1 saturated carbocycles. The van der Waals surface area contributed by atoms with Gasteiger partial charge >= 0.3 is 5.97 Å². The Hall–Kier alpha value is -1.36. The van der Waals surface area contributed by atoms with E-state index in [1.54, 1.807) is 0 Å². The van der Waals surface area contributed by atoms with Crippen molar-refractivity contribution in [2.24, 2.45) is 11.8 Å². The molecule has 1 heterocycles. The molecule has 24 heavy (non-hydrogen) atoms. The first-order chi connectivity index (χ1) is 11.6. The molecular formula is C19H31NO4. The third-order valence-corrected chi connectivity index (χ3v) is 5.32. The van der Waals surface area contributed by atoms with Gasteiger partial charge in [0.25, 0.3) is 0 Å². The molecule has 0 aromatic heterocycles. The van der Waals surface area contributed by atoms with Crippen molar-refractivity contribution in [2.45, 2.75) is 63.9 Å². The lowest BCUT2D eigenvalue weighted by molar-refractivity contribution is -0.149. The molecule has 2 fully saturated rings. The van der Waals surface area contributed by atoms with Crippen LogP contribution >= 0.6 is 0 Å². The van der Waals surface area contributed by atoms with Crippen molar-refractivity contribution in [1.29, 1.82) is 0 Å². The summed E-state index contributed by atoms with van der Waals surface area (Å²) in [6.07, 6.45) is 9.98. The van der Waals surface area contributed by atoms with Crippen molar-refractivity contribution in [1.82, 2.24) is 4.90 Å². The molecule has 1 unspecified atom stereocenters. The van der Waals surface area contributed by atoms with Crippen LogP contribution in [0.1, 0.15) is 57.8 Å². The van der Waals surface area contributed by atoms with Crippen LogP contribution < -0.4 is 0 Å². The molecule has 0 aromatic rings. The van der Waals surface area contributed by atoms with Gasteiger partial charge in [-0.05, 0) is 44.4 Å². The molecule has 1 saturated heterocycles. The average molecular weight is 337 g/mol. The monoisotopic (exact) mass is 337 g/mol. The number of hydrogen-bond acceptors (Lipinski definition) is 3. The van der Waals surface area contributed by atoms with Crippen LogP contribution in [0.15, 0.2) is 12.7 Å². The average Bonchev–Trinajstić information content (AvgIpc) is 3.10. The Bertz CT molecular complexity index is 431. The fourth-order valence-electron chi connectivity index (χ4n) is 3.91. The highest BCUT2D eigenvalue weighted by molar-refractivity contribution is 5.82. The summed E-state index contributed by atoms with van der Waals surface area (Å²) in [6, 6.07) is 0. The Morgan fingerprint density at radius 1 is 1.25 bits per heavy atom. The Morgan fingerprint density at radius 2 is 2.00 bits per heavy atom. The number of carboxylic acid groups (broad SMARTS) is 1. The number of hydrogen-bond donors (Lipinski definition) is 1. The molecule has 1 N–H and O–H groups in total. The molecule has 0 bridgehead atoms. The quantitative estimate of drug-likeness (QED) is 0.518. The fourth-order valence-corrected chi connectivity index (χ4v) is 3.91. The normalized spacial score (nSPS) is 23.2. The molecule has 5 heteroatoms. The highest BCUT2D eigenvalue weighted by Gasteiger charge is 2.34. The van der Waals surface area contributed by atoms with Gasteiger partial charge in [0, 0.05) is 26.1 Å². The summed E-state index contributed by atoms with van der Waals surface area (Å²) in [5.74, 6) is -1.19. The Balaban J connectivity index is 1.81. The van der Waals surface area contributed by atoms with E-state index in [1.165, 1.54) is 0 Å². The molecule has 2 rings (SSSR count). The molecule has 0 radical (unpaired) electrons. The summed E-state index contributed by atoms with van der Waals surface area (Å²) in [6.45, 7) is 5.72. The van der Waals surface area contributed by atoms with Crippen LogP contribution in [0, 0.1) is 11.8 Å². The van der Waals surface area contributed by atoms with Gasteiger partial charge in [0.2, 0.25) is 5.91 Å². The van der Waals surface area contributed by atoms with Crippen LogP contribution in [0.3, 0.4) is 0 Å². The maximum absolute atomic E-state index is 12.6. The molecule has 1 aliphatic heterocycles. The minimum absolute atomic E-state index is 0.0197. The first-order valence-corrected chi connectivity index (χ1v) is 9.35. The molecule has 0 aromatic carbocycles. The van der Waals surface area contributed by atoms with Crippen LogP contribution in [-0.2, 0) is 14.3 Å². The van der Waals surface area contributed by atoms with Gasteiger partial charge in [0.15, 0.2) is 0 Å². The number of carboxylic acids is 1. The number of nitrogens with zero attached hydrogens (tertiary/aromatic N) is 1. The van der Waals surface area contributed by atoms with E-state index in [4.69, 9.17) is 4.74 Å². The maximum atomic E-state index is 12.6. The van der Waals surface area contributed by atoms with Gasteiger partial charge in [-0.3, -0.25) is 9.59 Å². The summed E-state index contributed by atoms with van der Waals surface area (Å²) in [5, 5.41) is 9.50. The molecule has 1 amide bonds. The van der Waals surface area contributed by atoms with Crippen LogP contribution in [0.2, 0.25) is 0 Å². The predicted octanol–water partition coefficient (Wildman–Crippen LogP) is 3.24. The number of aliphatic carboxylic acids is 1. The van der Waals surface area contributed by atoms with E-state index in [-0.39, 0.29) is 24.3 Å². The van der Waals surface area contributed by atoms with Crippen LogP contribution in [0.5, 0.6) is 0 Å². The number of allylic oxidation sites excluding steroid dienone is 1. The standard InChI is InChI=1S/C19H31NO4/c1-2-3-6-12-24-16-10-7-11-20(14-16)18(21)13-17(19(22)23)15-8-4-5-9-15/h2,15-17H,1,3-14H2,(H,22,23)/t16?,17-/m0/s1. The van der Waals surface area contributed by atoms with Crippen molar-refractivity contribution in [2.75, 3.05) is 19.7 Å². The third-order valence-electron chi connectivity index (χ3n) is 5.32. The number of carbonyl (C=O) groups is 2. The lowest BCUT2D eigenvalue weighted by Crippen LogP contribution is -2.44. The molecule has 1 aliphatic carbocycles. The summed E-state index contributed by atoms with van der Waals surface area (Å²) < 4.78 is 5.86. The highest BCUT2D eigenvalue weighted by Crippen LogP contribution is 2.34. The topological polar surface area (TPSA) is 66.8 Å². The smallest absolute Gasteiger partial charge is 0.307 e. The van der Waals surface area contributed by atoms with E-state index >= 15 is 0 Å². The summed E-state index contributed by atoms with van der Waals surface area (Å²) >= 11 is 0. The van der Waals surface area contributed by atoms with Gasteiger partial charge in [0.1, 0.15) is 0 Å². The number of rotatable bonds is 9. The van der Waals surface area contributed by atoms with Gasteiger partial charge < -0.3 is 14.7 Å². The van der Waals surface area contributed by atoms with E-state index in [0.717, 1.165) is 57.9 Å². The van der Waals surface area contributed by atoms with E-state index < -0.39 is 11.9 Å². The first kappa shape index (κ1) is 19.0. The minimum atomic E-state index is -0.815. The molecule has 136 valence electrons. The number of carbonyl (C=O) groups excluding carboxylic acids is 1. The van der Waals surface area contributed by atoms with E-state index in [2.05, 4.69) is 6.58 Å². The second-order valence-corrected chi connectivity index (χ2v) is 7.10. The molecular weight excluding hydrogens is 306 g/mol. The van der Waals surface area contributed by atoms with Gasteiger partial charge in [-0.15, -0.1) is 6.58 Å². The number of amides is 1. The largest absolute Gasteiger partial charge is 0.481 e. The van der Waals surface area contributed by atoms with E-state index in [9.17, 15) is 14.7 Å². The molecule has 0 spiro atoms. The van der Waals surface area contributed by atoms with Crippen LogP contribution in [0.4, 0.5) is 0 Å². The summed E-state index contributed by atoms with van der Waals surface area (Å²) in [7, 11) is 0. The number of likely N-dealkylation sites (tertiary alicyclic amines) is 1. The fraction of sp³-hybridized carbons (Fsp3) is 0.789. The van der Waals surface area contributed by atoms with Gasteiger partial charge in [-0.25, -0.2) is 0 Å². The summed E-state index contributed by atoms with van der Waals surface area (Å²) in [5.41, 5.74) is 0. The van der Waals surface area contributed by atoms with Gasteiger partial charge in [-0.2, -0.15) is 0 Å². The lowest BCUT2D eigenvalue weighted by Gasteiger charge is -2.33. The van der Waals surface area contributed by atoms with Crippen LogP contribution in [-0.4, -0.2) is 47.7 Å². The zero-order valence-electron chi connectivity index (χ0n) is 14.6.